The SMILES string of the molecule is C=CC(=O)N1CCC2C(C1)NC(c1ccccc1)NC2C1CNN(C(C)C)C1. The highest BCUT2D eigenvalue weighted by Crippen LogP contribution is 2.33. The zero-order valence-corrected chi connectivity index (χ0v) is 17.0. The largest absolute Gasteiger partial charge is 0.338 e. The van der Waals surface area contributed by atoms with Gasteiger partial charge in [-0.1, -0.05) is 36.9 Å². The molecular formula is C22H33N5O. The quantitative estimate of drug-likeness (QED) is 0.688. The van der Waals surface area contributed by atoms with Crippen LogP contribution in [0.25, 0.3) is 0 Å². The van der Waals surface area contributed by atoms with Gasteiger partial charge in [0.25, 0.3) is 0 Å². The number of carbonyl (C=O) groups excluding carboxylic acids is 1. The smallest absolute Gasteiger partial charge is 0.246 e. The van der Waals surface area contributed by atoms with Gasteiger partial charge >= 0.3 is 0 Å². The molecule has 3 aliphatic rings. The average molecular weight is 384 g/mol. The molecule has 1 amide bonds. The monoisotopic (exact) mass is 383 g/mol. The van der Waals surface area contributed by atoms with Gasteiger partial charge in [0, 0.05) is 50.2 Å². The average Bonchev–Trinajstić information content (AvgIpc) is 3.23. The van der Waals surface area contributed by atoms with Crippen molar-refractivity contribution in [2.75, 3.05) is 26.2 Å². The highest BCUT2D eigenvalue weighted by atomic mass is 16.2. The van der Waals surface area contributed by atoms with E-state index in [1.165, 1.54) is 11.6 Å². The number of hydrogen-bond donors (Lipinski definition) is 3. The Morgan fingerprint density at radius 3 is 2.68 bits per heavy atom. The summed E-state index contributed by atoms with van der Waals surface area (Å²) in [5.74, 6) is 1.12. The molecule has 3 saturated heterocycles. The van der Waals surface area contributed by atoms with Crippen molar-refractivity contribution in [1.29, 1.82) is 0 Å². The Labute approximate surface area is 168 Å². The first-order chi connectivity index (χ1) is 13.6. The molecule has 0 aromatic heterocycles. The molecule has 4 rings (SSSR count). The topological polar surface area (TPSA) is 59.6 Å². The summed E-state index contributed by atoms with van der Waals surface area (Å²) in [6.45, 7) is 11.8. The molecule has 3 aliphatic heterocycles. The van der Waals surface area contributed by atoms with Crippen LogP contribution in [0.4, 0.5) is 0 Å². The number of likely N-dealkylation sites (tertiary alicyclic amines) is 1. The maximum Gasteiger partial charge on any atom is 0.246 e. The molecule has 0 radical (unpaired) electrons. The van der Waals surface area contributed by atoms with E-state index in [4.69, 9.17) is 0 Å². The molecule has 1 aromatic carbocycles. The minimum absolute atomic E-state index is 0.0418. The minimum Gasteiger partial charge on any atom is -0.338 e. The van der Waals surface area contributed by atoms with Crippen LogP contribution in [0.2, 0.25) is 0 Å². The Morgan fingerprint density at radius 2 is 2.00 bits per heavy atom. The lowest BCUT2D eigenvalue weighted by atomic mass is 9.77. The number of amides is 1. The summed E-state index contributed by atoms with van der Waals surface area (Å²) < 4.78 is 0. The maximum absolute atomic E-state index is 12.2. The molecule has 6 nitrogen and oxygen atoms in total. The van der Waals surface area contributed by atoms with Crippen molar-refractivity contribution in [3.63, 3.8) is 0 Å². The van der Waals surface area contributed by atoms with Crippen LogP contribution in [0.3, 0.4) is 0 Å². The number of rotatable bonds is 4. The van der Waals surface area contributed by atoms with Crippen LogP contribution < -0.4 is 16.1 Å². The first kappa shape index (κ1) is 19.6. The van der Waals surface area contributed by atoms with Gasteiger partial charge in [0.2, 0.25) is 5.91 Å². The van der Waals surface area contributed by atoms with E-state index >= 15 is 0 Å². The second-order valence-corrected chi connectivity index (χ2v) is 8.62. The van der Waals surface area contributed by atoms with E-state index in [1.807, 2.05) is 4.90 Å². The zero-order chi connectivity index (χ0) is 19.7. The van der Waals surface area contributed by atoms with Crippen molar-refractivity contribution in [1.82, 2.24) is 26.0 Å². The van der Waals surface area contributed by atoms with Gasteiger partial charge < -0.3 is 4.90 Å². The fraction of sp³-hybridized carbons (Fsp3) is 0.591. The van der Waals surface area contributed by atoms with Crippen molar-refractivity contribution in [3.05, 3.63) is 48.6 Å². The molecule has 28 heavy (non-hydrogen) atoms. The summed E-state index contributed by atoms with van der Waals surface area (Å²) in [5.41, 5.74) is 4.84. The molecule has 3 fully saturated rings. The summed E-state index contributed by atoms with van der Waals surface area (Å²) in [6.07, 6.45) is 2.57. The predicted molar refractivity (Wildman–Crippen MR) is 111 cm³/mol. The molecule has 3 heterocycles. The number of carbonyl (C=O) groups is 1. The van der Waals surface area contributed by atoms with Crippen LogP contribution in [0.5, 0.6) is 0 Å². The van der Waals surface area contributed by atoms with Gasteiger partial charge in [0.1, 0.15) is 0 Å². The second-order valence-electron chi connectivity index (χ2n) is 8.62. The van der Waals surface area contributed by atoms with Gasteiger partial charge in [-0.25, -0.2) is 5.01 Å². The summed E-state index contributed by atoms with van der Waals surface area (Å²) in [7, 11) is 0. The van der Waals surface area contributed by atoms with Gasteiger partial charge in [-0.05, 0) is 37.8 Å². The number of hydrogen-bond acceptors (Lipinski definition) is 5. The maximum atomic E-state index is 12.2. The fourth-order valence-electron chi connectivity index (χ4n) is 5.06. The molecule has 6 heteroatoms. The summed E-state index contributed by atoms with van der Waals surface area (Å²) in [6, 6.07) is 11.8. The number of piperidine rings is 1. The number of nitrogens with one attached hydrogen (secondary N) is 3. The molecule has 1 aromatic rings. The number of hydrazine groups is 1. The molecule has 0 spiro atoms. The number of fused-ring (bicyclic) bond motifs is 1. The highest BCUT2D eigenvalue weighted by molar-refractivity contribution is 5.87. The fourth-order valence-corrected chi connectivity index (χ4v) is 5.06. The van der Waals surface area contributed by atoms with E-state index in [-0.39, 0.29) is 12.1 Å². The Kier molecular flexibility index (Phi) is 5.83. The molecule has 0 aliphatic carbocycles. The third-order valence-electron chi connectivity index (χ3n) is 6.61. The van der Waals surface area contributed by atoms with E-state index in [2.05, 4.69) is 71.8 Å². The molecule has 5 atom stereocenters. The van der Waals surface area contributed by atoms with Crippen LogP contribution in [-0.4, -0.2) is 60.1 Å². The molecule has 152 valence electrons. The van der Waals surface area contributed by atoms with Gasteiger partial charge in [-0.2, -0.15) is 0 Å². The Bertz CT molecular complexity index is 693. The molecule has 3 N–H and O–H groups in total. The summed E-state index contributed by atoms with van der Waals surface area (Å²) >= 11 is 0. The Morgan fingerprint density at radius 1 is 1.21 bits per heavy atom. The van der Waals surface area contributed by atoms with Gasteiger partial charge in [0.05, 0.1) is 6.17 Å². The van der Waals surface area contributed by atoms with Crippen LogP contribution >= 0.6 is 0 Å². The lowest BCUT2D eigenvalue weighted by Crippen LogP contribution is -2.66. The van der Waals surface area contributed by atoms with Crippen molar-refractivity contribution >= 4 is 5.91 Å². The van der Waals surface area contributed by atoms with Crippen LogP contribution in [0, 0.1) is 11.8 Å². The molecule has 0 bridgehead atoms. The first-order valence-electron chi connectivity index (χ1n) is 10.6. The number of nitrogens with zero attached hydrogens (tertiary/aromatic N) is 2. The van der Waals surface area contributed by atoms with Gasteiger partial charge in [-0.15, -0.1) is 0 Å². The van der Waals surface area contributed by atoms with E-state index in [0.29, 0.717) is 30.0 Å². The lowest BCUT2D eigenvalue weighted by Gasteiger charge is -2.50. The van der Waals surface area contributed by atoms with Crippen molar-refractivity contribution in [3.8, 4) is 0 Å². The zero-order valence-electron chi connectivity index (χ0n) is 17.0. The second kappa shape index (κ2) is 8.33. The third-order valence-corrected chi connectivity index (χ3v) is 6.61. The van der Waals surface area contributed by atoms with Crippen molar-refractivity contribution in [2.24, 2.45) is 11.8 Å². The molecule has 0 saturated carbocycles. The van der Waals surface area contributed by atoms with E-state index in [0.717, 1.165) is 32.6 Å². The predicted octanol–water partition coefficient (Wildman–Crippen LogP) is 1.49. The lowest BCUT2D eigenvalue weighted by molar-refractivity contribution is -0.128. The Balaban J connectivity index is 1.56. The molecular weight excluding hydrogens is 350 g/mol. The van der Waals surface area contributed by atoms with Gasteiger partial charge in [0.15, 0.2) is 0 Å². The normalized spacial score (nSPS) is 33.7. The van der Waals surface area contributed by atoms with Crippen LogP contribution in [0.15, 0.2) is 43.0 Å². The van der Waals surface area contributed by atoms with Crippen molar-refractivity contribution in [2.45, 2.75) is 44.6 Å². The summed E-state index contributed by atoms with van der Waals surface area (Å²) in [4.78, 5) is 14.1. The third kappa shape index (κ3) is 3.87. The van der Waals surface area contributed by atoms with Crippen LogP contribution in [0.1, 0.15) is 32.0 Å². The van der Waals surface area contributed by atoms with E-state index in [1.54, 1.807) is 0 Å². The van der Waals surface area contributed by atoms with Crippen molar-refractivity contribution < 1.29 is 4.79 Å². The highest BCUT2D eigenvalue weighted by Gasteiger charge is 2.45. The van der Waals surface area contributed by atoms with E-state index < -0.39 is 0 Å². The summed E-state index contributed by atoms with van der Waals surface area (Å²) in [5, 5.41) is 10.1. The Hall–Kier alpha value is -1.73. The molecule has 5 unspecified atom stereocenters. The standard InChI is InChI=1S/C22H33N5O/c1-4-20(28)26-11-10-18-19(14-26)24-22(16-8-6-5-7-9-16)25-21(18)17-12-23-27(13-17)15(2)3/h4-9,15,17-19,21-25H,1,10-14H2,2-3H3. The van der Waals surface area contributed by atoms with E-state index in [9.17, 15) is 4.79 Å². The van der Waals surface area contributed by atoms with Gasteiger partial charge in [-0.3, -0.25) is 20.9 Å². The van der Waals surface area contributed by atoms with Crippen LogP contribution in [-0.2, 0) is 4.79 Å². The minimum atomic E-state index is 0.0418. The first-order valence-corrected chi connectivity index (χ1v) is 10.6. The number of benzene rings is 1.